The molecule has 0 amide bonds. The van der Waals surface area contributed by atoms with Crippen LogP contribution in [0.2, 0.25) is 0 Å². The van der Waals surface area contributed by atoms with Gasteiger partial charge in [0, 0.05) is 18.7 Å². The van der Waals surface area contributed by atoms with Crippen LogP contribution in [0.15, 0.2) is 16.7 Å². The van der Waals surface area contributed by atoms with E-state index in [2.05, 4.69) is 23.9 Å². The quantitative estimate of drug-likeness (QED) is 0.861. The lowest BCUT2D eigenvalue weighted by Gasteiger charge is -2.31. The van der Waals surface area contributed by atoms with Crippen molar-refractivity contribution in [3.05, 3.63) is 23.7 Å². The maximum Gasteiger partial charge on any atom is 0.122 e. The van der Waals surface area contributed by atoms with Crippen LogP contribution in [0.5, 0.6) is 0 Å². The summed E-state index contributed by atoms with van der Waals surface area (Å²) in [4.78, 5) is 4.77. The summed E-state index contributed by atoms with van der Waals surface area (Å²) < 4.78 is 5.50. The van der Waals surface area contributed by atoms with Gasteiger partial charge in [-0.15, -0.1) is 0 Å². The molecule has 1 saturated heterocycles. The molecule has 0 atom stereocenters. The molecule has 0 spiro atoms. The maximum atomic E-state index is 5.69. The van der Waals surface area contributed by atoms with Gasteiger partial charge in [0.15, 0.2) is 0 Å². The van der Waals surface area contributed by atoms with Crippen LogP contribution in [0, 0.1) is 5.92 Å². The average molecular weight is 251 g/mol. The fourth-order valence-electron chi connectivity index (χ4n) is 2.68. The highest BCUT2D eigenvalue weighted by Gasteiger charge is 2.19. The monoisotopic (exact) mass is 251 g/mol. The van der Waals surface area contributed by atoms with Crippen molar-refractivity contribution in [1.29, 1.82) is 0 Å². The molecule has 0 aromatic carbocycles. The Hall–Kier alpha value is -0.840. The van der Waals surface area contributed by atoms with Gasteiger partial charge >= 0.3 is 0 Å². The molecule has 18 heavy (non-hydrogen) atoms. The van der Waals surface area contributed by atoms with Crippen molar-refractivity contribution >= 4 is 0 Å². The van der Waals surface area contributed by atoms with Crippen molar-refractivity contribution in [3.63, 3.8) is 0 Å². The normalized spacial score (nSPS) is 18.7. The predicted octanol–water partition coefficient (Wildman–Crippen LogP) is 1.51. The standard InChI is InChI=1S/C14H25N3O/c1-16-6-3-12(4-7-16)10-17(2)11-14-13(9-15)5-8-18-14/h5,8,12H,3-4,6-7,9-11,15H2,1-2H3. The fourth-order valence-corrected chi connectivity index (χ4v) is 2.68. The Bertz CT molecular complexity index is 356. The van der Waals surface area contributed by atoms with Crippen molar-refractivity contribution in [2.75, 3.05) is 33.7 Å². The second-order valence-electron chi connectivity index (χ2n) is 5.52. The molecule has 4 nitrogen and oxygen atoms in total. The van der Waals surface area contributed by atoms with Crippen molar-refractivity contribution in [3.8, 4) is 0 Å². The Balaban J connectivity index is 1.80. The summed E-state index contributed by atoms with van der Waals surface area (Å²) in [6.07, 6.45) is 4.35. The third kappa shape index (κ3) is 3.57. The molecule has 0 saturated carbocycles. The average Bonchev–Trinajstić information content (AvgIpc) is 2.79. The summed E-state index contributed by atoms with van der Waals surface area (Å²) >= 11 is 0. The Labute approximate surface area is 110 Å². The van der Waals surface area contributed by atoms with Gasteiger partial charge in [0.05, 0.1) is 12.8 Å². The van der Waals surface area contributed by atoms with Crippen LogP contribution in [0.1, 0.15) is 24.2 Å². The van der Waals surface area contributed by atoms with E-state index in [1.165, 1.54) is 25.9 Å². The van der Waals surface area contributed by atoms with Gasteiger partial charge in [0.2, 0.25) is 0 Å². The summed E-state index contributed by atoms with van der Waals surface area (Å²) in [6, 6.07) is 1.97. The van der Waals surface area contributed by atoms with E-state index in [1.807, 2.05) is 6.07 Å². The Morgan fingerprint density at radius 3 is 2.83 bits per heavy atom. The minimum atomic E-state index is 0.563. The molecule has 2 N–H and O–H groups in total. The zero-order valence-corrected chi connectivity index (χ0v) is 11.6. The van der Waals surface area contributed by atoms with Crippen LogP contribution >= 0.6 is 0 Å². The van der Waals surface area contributed by atoms with Gasteiger partial charge in [0.25, 0.3) is 0 Å². The number of nitrogens with zero attached hydrogens (tertiary/aromatic N) is 2. The van der Waals surface area contributed by atoms with Crippen LogP contribution in [0.25, 0.3) is 0 Å². The van der Waals surface area contributed by atoms with Crippen molar-refractivity contribution in [2.24, 2.45) is 11.7 Å². The lowest BCUT2D eigenvalue weighted by Crippen LogP contribution is -2.35. The molecule has 0 unspecified atom stereocenters. The molecule has 0 bridgehead atoms. The maximum absolute atomic E-state index is 5.69. The minimum Gasteiger partial charge on any atom is -0.468 e. The first kappa shape index (κ1) is 13.6. The third-order valence-electron chi connectivity index (χ3n) is 3.88. The molecule has 0 radical (unpaired) electrons. The second-order valence-corrected chi connectivity index (χ2v) is 5.52. The number of hydrogen-bond donors (Lipinski definition) is 1. The van der Waals surface area contributed by atoms with Crippen LogP contribution in [-0.2, 0) is 13.1 Å². The van der Waals surface area contributed by atoms with Gasteiger partial charge in [-0.3, -0.25) is 4.90 Å². The summed E-state index contributed by atoms with van der Waals surface area (Å²) in [5.41, 5.74) is 6.82. The van der Waals surface area contributed by atoms with Crippen LogP contribution < -0.4 is 5.73 Å². The van der Waals surface area contributed by atoms with E-state index in [1.54, 1.807) is 6.26 Å². The van der Waals surface area contributed by atoms with E-state index >= 15 is 0 Å². The summed E-state index contributed by atoms with van der Waals surface area (Å²) in [7, 11) is 4.37. The molecule has 102 valence electrons. The molecule has 1 aliphatic rings. The largest absolute Gasteiger partial charge is 0.468 e. The molecule has 2 rings (SSSR count). The highest BCUT2D eigenvalue weighted by molar-refractivity contribution is 5.16. The van der Waals surface area contributed by atoms with Crippen molar-refractivity contribution in [1.82, 2.24) is 9.80 Å². The van der Waals surface area contributed by atoms with Gasteiger partial charge in [-0.2, -0.15) is 0 Å². The SMILES string of the molecule is CN1CCC(CN(C)Cc2occc2CN)CC1. The van der Waals surface area contributed by atoms with Gasteiger partial charge in [-0.05, 0) is 52.0 Å². The lowest BCUT2D eigenvalue weighted by molar-refractivity contribution is 0.168. The lowest BCUT2D eigenvalue weighted by atomic mass is 9.96. The van der Waals surface area contributed by atoms with E-state index < -0.39 is 0 Å². The van der Waals surface area contributed by atoms with Gasteiger partial charge in [-0.1, -0.05) is 0 Å². The summed E-state index contributed by atoms with van der Waals surface area (Å²) in [6.45, 7) is 5.04. The van der Waals surface area contributed by atoms with E-state index in [4.69, 9.17) is 10.2 Å². The predicted molar refractivity (Wildman–Crippen MR) is 73.2 cm³/mol. The Morgan fingerprint density at radius 1 is 1.44 bits per heavy atom. The van der Waals surface area contributed by atoms with Gasteiger partial charge in [-0.25, -0.2) is 0 Å². The first-order valence-electron chi connectivity index (χ1n) is 6.81. The molecule has 4 heteroatoms. The first-order chi connectivity index (χ1) is 8.69. The molecule has 1 aromatic heterocycles. The van der Waals surface area contributed by atoms with Crippen LogP contribution in [0.3, 0.4) is 0 Å². The Morgan fingerprint density at radius 2 is 2.17 bits per heavy atom. The molecular formula is C14H25N3O. The molecule has 1 aromatic rings. The highest BCUT2D eigenvalue weighted by atomic mass is 16.3. The van der Waals surface area contributed by atoms with Crippen LogP contribution in [0.4, 0.5) is 0 Å². The van der Waals surface area contributed by atoms with E-state index in [-0.39, 0.29) is 0 Å². The second kappa shape index (κ2) is 6.36. The minimum absolute atomic E-state index is 0.563. The van der Waals surface area contributed by atoms with E-state index in [0.29, 0.717) is 6.54 Å². The number of piperidine rings is 1. The number of rotatable bonds is 5. The highest BCUT2D eigenvalue weighted by Crippen LogP contribution is 2.18. The van der Waals surface area contributed by atoms with Crippen molar-refractivity contribution < 1.29 is 4.42 Å². The van der Waals surface area contributed by atoms with Gasteiger partial charge in [0.1, 0.15) is 5.76 Å². The zero-order valence-electron chi connectivity index (χ0n) is 11.6. The molecule has 2 heterocycles. The smallest absolute Gasteiger partial charge is 0.122 e. The van der Waals surface area contributed by atoms with E-state index in [0.717, 1.165) is 30.3 Å². The number of likely N-dealkylation sites (tertiary alicyclic amines) is 1. The van der Waals surface area contributed by atoms with E-state index in [9.17, 15) is 0 Å². The number of hydrogen-bond acceptors (Lipinski definition) is 4. The number of nitrogens with two attached hydrogens (primary N) is 1. The molecule has 1 fully saturated rings. The summed E-state index contributed by atoms with van der Waals surface area (Å²) in [5.74, 6) is 1.84. The number of furan rings is 1. The molecule has 1 aliphatic heterocycles. The first-order valence-corrected chi connectivity index (χ1v) is 6.81. The summed E-state index contributed by atoms with van der Waals surface area (Å²) in [5, 5.41) is 0. The fraction of sp³-hybridized carbons (Fsp3) is 0.714. The molecule has 0 aliphatic carbocycles. The third-order valence-corrected chi connectivity index (χ3v) is 3.88. The van der Waals surface area contributed by atoms with Crippen LogP contribution in [-0.4, -0.2) is 43.5 Å². The Kier molecular flexibility index (Phi) is 4.80. The van der Waals surface area contributed by atoms with Crippen molar-refractivity contribution in [2.45, 2.75) is 25.9 Å². The molecular weight excluding hydrogens is 226 g/mol. The topological polar surface area (TPSA) is 45.6 Å². The van der Waals surface area contributed by atoms with Gasteiger partial charge < -0.3 is 15.1 Å². The zero-order chi connectivity index (χ0) is 13.0.